The smallest absolute Gasteiger partial charge is 0.415 e. The van der Waals surface area contributed by atoms with Crippen molar-refractivity contribution in [1.29, 1.82) is 0 Å². The fraction of sp³-hybridized carbons (Fsp3) is 0.500. The summed E-state index contributed by atoms with van der Waals surface area (Å²) in [4.78, 5) is 27.2. The Balaban J connectivity index is 1.32. The van der Waals surface area contributed by atoms with Crippen molar-refractivity contribution in [3.8, 4) is 11.5 Å². The second-order valence-electron chi connectivity index (χ2n) is 10.3. The van der Waals surface area contributed by atoms with Gasteiger partial charge in [-0.3, -0.25) is 15.0 Å². The van der Waals surface area contributed by atoms with Gasteiger partial charge in [0, 0.05) is 43.7 Å². The van der Waals surface area contributed by atoms with Crippen LogP contribution in [0, 0.1) is 0 Å². The van der Waals surface area contributed by atoms with Gasteiger partial charge in [0.25, 0.3) is 0 Å². The lowest BCUT2D eigenvalue weighted by Crippen LogP contribution is -2.59. The zero-order valence-corrected chi connectivity index (χ0v) is 23.4. The Morgan fingerprint density at radius 1 is 1.07 bits per heavy atom. The van der Waals surface area contributed by atoms with Crippen LogP contribution in [0.15, 0.2) is 47.6 Å². The van der Waals surface area contributed by atoms with Crippen molar-refractivity contribution in [3.05, 3.63) is 53.6 Å². The topological polar surface area (TPSA) is 105 Å². The van der Waals surface area contributed by atoms with Gasteiger partial charge in [-0.2, -0.15) is 5.10 Å². The monoisotopic (exact) mass is 549 g/mol. The summed E-state index contributed by atoms with van der Waals surface area (Å²) >= 11 is 0. The number of amides is 2. The van der Waals surface area contributed by atoms with Gasteiger partial charge in [-0.25, -0.2) is 9.80 Å². The highest BCUT2D eigenvalue weighted by Crippen LogP contribution is 2.33. The molecule has 0 aromatic heterocycles. The van der Waals surface area contributed by atoms with Crippen LogP contribution in [0.25, 0.3) is 0 Å². The van der Waals surface area contributed by atoms with Crippen molar-refractivity contribution in [3.63, 3.8) is 0 Å². The van der Waals surface area contributed by atoms with E-state index in [1.807, 2.05) is 42.5 Å². The largest absolute Gasteiger partial charge is 0.493 e. The highest BCUT2D eigenvalue weighted by molar-refractivity contribution is 6.04. The first-order valence-electron chi connectivity index (χ1n) is 14.3. The Labute approximate surface area is 235 Å². The number of carbonyl (C=O) groups is 2. The summed E-state index contributed by atoms with van der Waals surface area (Å²) in [6.07, 6.45) is 5.05. The molecule has 2 N–H and O–H groups in total. The molecule has 2 fully saturated rings. The fourth-order valence-corrected chi connectivity index (χ4v) is 5.43. The number of piperazine rings is 1. The van der Waals surface area contributed by atoms with Crippen molar-refractivity contribution < 1.29 is 23.8 Å². The Kier molecular flexibility index (Phi) is 9.18. The first-order valence-corrected chi connectivity index (χ1v) is 14.3. The lowest BCUT2D eigenvalue weighted by Gasteiger charge is -2.34. The van der Waals surface area contributed by atoms with E-state index < -0.39 is 6.09 Å². The number of nitrogens with zero attached hydrogens (tertiary/aromatic N) is 3. The van der Waals surface area contributed by atoms with Gasteiger partial charge in [0.05, 0.1) is 32.1 Å². The normalized spacial score (nSPS) is 19.8. The van der Waals surface area contributed by atoms with Gasteiger partial charge in [0.15, 0.2) is 11.5 Å². The molecular formula is C30H39N5O5. The molecule has 5 rings (SSSR count). The SMILES string of the molecule is CCOC(=O)N(c1ccc(CN2N=C(c3ccc(OC)c(OC4CCCC4)c3)CCC2=O)cc1)C1CNCCN1. The van der Waals surface area contributed by atoms with E-state index in [0.717, 1.165) is 54.2 Å². The molecule has 1 atom stereocenters. The number of hydrogen-bond donors (Lipinski definition) is 2. The van der Waals surface area contributed by atoms with E-state index in [4.69, 9.17) is 19.3 Å². The molecule has 1 saturated carbocycles. The summed E-state index contributed by atoms with van der Waals surface area (Å²) in [7, 11) is 1.65. The maximum absolute atomic E-state index is 12.8. The molecule has 2 aromatic rings. The molecule has 1 saturated heterocycles. The van der Waals surface area contributed by atoms with Gasteiger partial charge in [-0.15, -0.1) is 0 Å². The van der Waals surface area contributed by atoms with Crippen molar-refractivity contribution in [2.45, 2.75) is 64.3 Å². The molecule has 10 heteroatoms. The van der Waals surface area contributed by atoms with Gasteiger partial charge in [0.1, 0.15) is 6.17 Å². The standard InChI is InChI=1S/C30H39N5O5/c1-3-39-30(37)35(28-19-31-16-17-32-28)23-11-8-21(9-12-23)20-34-29(36)15-13-25(33-34)22-10-14-26(38-2)27(18-22)40-24-6-4-5-7-24/h8-12,14,18,24,28,31-32H,3-7,13,15-17,19-20H2,1-2H3. The van der Waals surface area contributed by atoms with E-state index in [9.17, 15) is 9.59 Å². The molecule has 1 unspecified atom stereocenters. The number of hydrogen-bond acceptors (Lipinski definition) is 8. The fourth-order valence-electron chi connectivity index (χ4n) is 5.43. The minimum absolute atomic E-state index is 0.0191. The zero-order valence-electron chi connectivity index (χ0n) is 23.4. The molecule has 214 valence electrons. The highest BCUT2D eigenvalue weighted by Gasteiger charge is 2.28. The van der Waals surface area contributed by atoms with Crippen LogP contribution >= 0.6 is 0 Å². The molecule has 3 aliphatic rings. The predicted molar refractivity (Wildman–Crippen MR) is 153 cm³/mol. The van der Waals surface area contributed by atoms with E-state index in [0.29, 0.717) is 38.3 Å². The number of carbonyl (C=O) groups excluding carboxylic acids is 2. The zero-order chi connectivity index (χ0) is 27.9. The van der Waals surface area contributed by atoms with Crippen LogP contribution in [0.2, 0.25) is 0 Å². The summed E-state index contributed by atoms with van der Waals surface area (Å²) in [6.45, 7) is 4.67. The van der Waals surface area contributed by atoms with E-state index in [2.05, 4.69) is 10.6 Å². The number of nitrogens with one attached hydrogen (secondary N) is 2. The van der Waals surface area contributed by atoms with E-state index in [-0.39, 0.29) is 18.2 Å². The molecule has 2 amide bonds. The summed E-state index contributed by atoms with van der Waals surface area (Å²) in [5.41, 5.74) is 3.42. The molecule has 0 radical (unpaired) electrons. The molecule has 2 heterocycles. The lowest BCUT2D eigenvalue weighted by atomic mass is 10.0. The molecule has 2 aliphatic heterocycles. The van der Waals surface area contributed by atoms with E-state index in [1.54, 1.807) is 18.9 Å². The second kappa shape index (κ2) is 13.1. The first kappa shape index (κ1) is 27.9. The minimum atomic E-state index is -0.396. The van der Waals surface area contributed by atoms with Crippen LogP contribution < -0.4 is 25.0 Å². The summed E-state index contributed by atoms with van der Waals surface area (Å²) in [5, 5.41) is 13.0. The van der Waals surface area contributed by atoms with Crippen LogP contribution in [0.5, 0.6) is 11.5 Å². The van der Waals surface area contributed by atoms with Crippen LogP contribution in [0.1, 0.15) is 56.6 Å². The predicted octanol–water partition coefficient (Wildman–Crippen LogP) is 4.03. The van der Waals surface area contributed by atoms with Gasteiger partial charge in [-0.1, -0.05) is 12.1 Å². The number of methoxy groups -OCH3 is 1. The van der Waals surface area contributed by atoms with Crippen LogP contribution in [-0.2, 0) is 16.1 Å². The lowest BCUT2D eigenvalue weighted by molar-refractivity contribution is -0.132. The molecule has 0 bridgehead atoms. The van der Waals surface area contributed by atoms with E-state index in [1.165, 1.54) is 17.9 Å². The summed E-state index contributed by atoms with van der Waals surface area (Å²) in [6, 6.07) is 13.5. The van der Waals surface area contributed by atoms with Gasteiger partial charge < -0.3 is 19.5 Å². The number of hydrazone groups is 1. The summed E-state index contributed by atoms with van der Waals surface area (Å²) < 4.78 is 17.1. The average molecular weight is 550 g/mol. The third-order valence-electron chi connectivity index (χ3n) is 7.54. The molecule has 40 heavy (non-hydrogen) atoms. The average Bonchev–Trinajstić information content (AvgIpc) is 3.49. The highest BCUT2D eigenvalue weighted by atomic mass is 16.6. The van der Waals surface area contributed by atoms with Crippen LogP contribution in [-0.4, -0.2) is 68.3 Å². The number of ether oxygens (including phenoxy) is 3. The maximum Gasteiger partial charge on any atom is 0.415 e. The molecule has 10 nitrogen and oxygen atoms in total. The van der Waals surface area contributed by atoms with Gasteiger partial charge >= 0.3 is 6.09 Å². The molecule has 2 aromatic carbocycles. The Hall–Kier alpha value is -3.63. The van der Waals surface area contributed by atoms with Gasteiger partial charge in [0.2, 0.25) is 5.91 Å². The van der Waals surface area contributed by atoms with Crippen molar-refractivity contribution in [2.24, 2.45) is 5.10 Å². The quantitative estimate of drug-likeness (QED) is 0.487. The van der Waals surface area contributed by atoms with Crippen molar-refractivity contribution >= 4 is 23.4 Å². The van der Waals surface area contributed by atoms with E-state index >= 15 is 0 Å². The van der Waals surface area contributed by atoms with Crippen LogP contribution in [0.4, 0.5) is 10.5 Å². The maximum atomic E-state index is 12.8. The molecule has 1 aliphatic carbocycles. The Bertz CT molecular complexity index is 1210. The molecule has 0 spiro atoms. The summed E-state index contributed by atoms with van der Waals surface area (Å²) in [5.74, 6) is 1.41. The molecular weight excluding hydrogens is 510 g/mol. The Morgan fingerprint density at radius 2 is 1.88 bits per heavy atom. The first-order chi connectivity index (χ1) is 19.6. The second-order valence-corrected chi connectivity index (χ2v) is 10.3. The number of anilines is 1. The number of rotatable bonds is 9. The third-order valence-corrected chi connectivity index (χ3v) is 7.54. The Morgan fingerprint density at radius 3 is 2.58 bits per heavy atom. The number of benzene rings is 2. The third kappa shape index (κ3) is 6.56. The minimum Gasteiger partial charge on any atom is -0.493 e. The van der Waals surface area contributed by atoms with Crippen molar-refractivity contribution in [2.75, 3.05) is 38.3 Å². The van der Waals surface area contributed by atoms with Crippen molar-refractivity contribution in [1.82, 2.24) is 15.6 Å². The van der Waals surface area contributed by atoms with Gasteiger partial charge in [-0.05, 0) is 68.5 Å². The van der Waals surface area contributed by atoms with Crippen LogP contribution in [0.3, 0.4) is 0 Å².